The van der Waals surface area contributed by atoms with Gasteiger partial charge in [-0.1, -0.05) is 0 Å². The fraction of sp³-hybridized carbons (Fsp3) is 0.882. The molecule has 0 saturated carbocycles. The molecule has 0 saturated heterocycles. The number of hydrogen-bond donors (Lipinski definition) is 14. The summed E-state index contributed by atoms with van der Waals surface area (Å²) in [6.07, 6.45) is -5.26. The third-order valence-electron chi connectivity index (χ3n) is 5.97. The van der Waals surface area contributed by atoms with Crippen molar-refractivity contribution in [1.29, 1.82) is 0 Å². The molecular weight excluding hydrogens is 827 g/mol. The van der Waals surface area contributed by atoms with Crippen molar-refractivity contribution in [2.75, 3.05) is 83.8 Å². The summed E-state index contributed by atoms with van der Waals surface area (Å²) in [5, 5.41) is 9.03. The Labute approximate surface area is 287 Å². The van der Waals surface area contributed by atoms with E-state index >= 15 is 0 Å². The standard InChI is InChI=1S/C17H44N5O21P7/c23-16(45(27)28)22(44(26)17(24)25)6-2-4-19(12-47(32,33)34)8-10-20(13-48(35,36)37)9-7-18(11-46(29,30)31)3-1-5-21(14-49(38,39)40)15-50(41,42)43/h26-28H,1-15H2,(H,24,25)(H2,29,30,31)(H2,32,33,34)(H2,35,36,37)(H2,38,39,40)(H2,41,42,43). The summed E-state index contributed by atoms with van der Waals surface area (Å²) in [5.74, 6) is 0. The average molecular weight is 871 g/mol. The van der Waals surface area contributed by atoms with E-state index in [0.717, 1.165) is 19.6 Å². The van der Waals surface area contributed by atoms with Gasteiger partial charge in [0.05, 0.1) is 0 Å². The smallest absolute Gasteiger partial charge is 0.374 e. The van der Waals surface area contributed by atoms with Gasteiger partial charge in [0.2, 0.25) is 0 Å². The lowest BCUT2D eigenvalue weighted by atomic mass is 10.3. The Morgan fingerprint density at radius 1 is 0.440 bits per heavy atom. The Hall–Kier alpha value is 0.270. The quantitative estimate of drug-likeness (QED) is 0.0411. The predicted octanol–water partition coefficient (Wildman–Crippen LogP) is -1.65. The maximum Gasteiger partial charge on any atom is 0.374 e. The molecule has 50 heavy (non-hydrogen) atoms. The molecule has 298 valence electrons. The number of rotatable bonds is 27. The monoisotopic (exact) mass is 871 g/mol. The average Bonchev–Trinajstić information content (AvgIpc) is 2.87. The third-order valence-corrected chi connectivity index (χ3v) is 11.7. The number of amides is 1. The summed E-state index contributed by atoms with van der Waals surface area (Å²) in [4.78, 5) is 149. The maximum absolute atomic E-state index is 12.0. The Kier molecular flexibility index (Phi) is 22.1. The van der Waals surface area contributed by atoms with Crippen LogP contribution in [-0.4, -0.2) is 188 Å². The van der Waals surface area contributed by atoms with E-state index in [0.29, 0.717) is 0 Å². The highest BCUT2D eigenvalue weighted by atomic mass is 31.2. The Bertz CT molecular complexity index is 1290. The number of hydrogen-bond acceptors (Lipinski definition) is 14. The normalized spacial score (nSPS) is 14.4. The minimum absolute atomic E-state index is 0.138. The molecule has 0 fully saturated rings. The third kappa shape index (κ3) is 26.9. The topological polar surface area (TPSA) is 419 Å². The molecule has 0 aromatic rings. The predicted molar refractivity (Wildman–Crippen MR) is 176 cm³/mol. The summed E-state index contributed by atoms with van der Waals surface area (Å²) < 4.78 is 58.4. The largest absolute Gasteiger partial charge is 0.475 e. The van der Waals surface area contributed by atoms with Crippen LogP contribution in [-0.2, 0) is 22.8 Å². The van der Waals surface area contributed by atoms with Gasteiger partial charge in [0, 0.05) is 52.4 Å². The first kappa shape index (κ1) is 50.3. The van der Waals surface area contributed by atoms with Crippen LogP contribution in [0.5, 0.6) is 0 Å². The molecular formula is C17H44N5O21P7. The van der Waals surface area contributed by atoms with Crippen LogP contribution in [0.4, 0.5) is 9.59 Å². The van der Waals surface area contributed by atoms with Crippen molar-refractivity contribution in [3.8, 4) is 0 Å². The molecule has 0 rings (SSSR count). The molecule has 0 heterocycles. The van der Waals surface area contributed by atoms with Crippen molar-refractivity contribution in [3.63, 3.8) is 0 Å². The molecule has 0 aromatic heterocycles. The zero-order valence-electron chi connectivity index (χ0n) is 26.1. The van der Waals surface area contributed by atoms with Crippen LogP contribution in [0, 0.1) is 0 Å². The second kappa shape index (κ2) is 22.0. The van der Waals surface area contributed by atoms with Crippen LogP contribution >= 0.6 is 54.7 Å². The molecule has 0 radical (unpaired) electrons. The maximum atomic E-state index is 12.0. The van der Waals surface area contributed by atoms with Crippen molar-refractivity contribution >= 4 is 66.0 Å². The molecule has 1 unspecified atom stereocenters. The summed E-state index contributed by atoms with van der Waals surface area (Å²) >= 11 is 0. The van der Waals surface area contributed by atoms with Gasteiger partial charge >= 0.3 is 49.3 Å². The highest BCUT2D eigenvalue weighted by Gasteiger charge is 2.33. The minimum atomic E-state index is -4.82. The Balaban J connectivity index is 5.81. The summed E-state index contributed by atoms with van der Waals surface area (Å²) in [5.41, 5.74) is -3.35. The molecule has 0 spiro atoms. The second-order valence-corrected chi connectivity index (χ2v) is 21.2. The number of carbonyl (C=O) groups excluding carboxylic acids is 1. The molecule has 0 aromatic carbocycles. The fourth-order valence-electron chi connectivity index (χ4n) is 4.25. The van der Waals surface area contributed by atoms with E-state index in [1.165, 1.54) is 0 Å². The van der Waals surface area contributed by atoms with Gasteiger partial charge < -0.3 is 68.7 Å². The molecule has 0 aliphatic rings. The van der Waals surface area contributed by atoms with Crippen LogP contribution in [0.1, 0.15) is 12.8 Å². The van der Waals surface area contributed by atoms with Crippen LogP contribution in [0.15, 0.2) is 0 Å². The Morgan fingerprint density at radius 3 is 0.980 bits per heavy atom. The molecule has 33 heteroatoms. The highest BCUT2D eigenvalue weighted by molar-refractivity contribution is 7.71. The van der Waals surface area contributed by atoms with Crippen LogP contribution < -0.4 is 0 Å². The zero-order chi connectivity index (χ0) is 39.3. The number of nitrogens with zero attached hydrogens (tertiary/aromatic N) is 5. The van der Waals surface area contributed by atoms with Crippen LogP contribution in [0.3, 0.4) is 0 Å². The lowest BCUT2D eigenvalue weighted by molar-refractivity contribution is 0.184. The van der Waals surface area contributed by atoms with Gasteiger partial charge in [0.1, 0.15) is 31.4 Å². The van der Waals surface area contributed by atoms with Gasteiger partial charge in [-0.3, -0.25) is 51.9 Å². The zero-order valence-corrected chi connectivity index (χ0v) is 32.4. The molecule has 14 N–H and O–H groups in total. The van der Waals surface area contributed by atoms with Gasteiger partial charge in [0.15, 0.2) is 0 Å². The number of carbonyl (C=O) groups is 2. The van der Waals surface area contributed by atoms with Crippen molar-refractivity contribution < 1.29 is 101 Å². The van der Waals surface area contributed by atoms with Crippen LogP contribution in [0.2, 0.25) is 0 Å². The lowest BCUT2D eigenvalue weighted by Crippen LogP contribution is -2.41. The van der Waals surface area contributed by atoms with E-state index in [1.807, 2.05) is 0 Å². The first-order valence-electron chi connectivity index (χ1n) is 13.7. The van der Waals surface area contributed by atoms with E-state index in [4.69, 9.17) is 5.11 Å². The molecule has 0 aliphatic carbocycles. The summed E-state index contributed by atoms with van der Waals surface area (Å²) in [6.45, 7) is -2.81. The van der Waals surface area contributed by atoms with Gasteiger partial charge in [-0.15, -0.1) is 0 Å². The second-order valence-electron chi connectivity index (χ2n) is 10.8. The van der Waals surface area contributed by atoms with Crippen molar-refractivity contribution in [1.82, 2.24) is 24.3 Å². The minimum Gasteiger partial charge on any atom is -0.475 e. The van der Waals surface area contributed by atoms with Gasteiger partial charge in [-0.2, -0.15) is 0 Å². The van der Waals surface area contributed by atoms with E-state index in [-0.39, 0.29) is 63.3 Å². The molecule has 26 nitrogen and oxygen atoms in total. The molecule has 0 bridgehead atoms. The lowest BCUT2D eigenvalue weighted by Gasteiger charge is -2.31. The van der Waals surface area contributed by atoms with Crippen molar-refractivity contribution in [2.45, 2.75) is 12.8 Å². The van der Waals surface area contributed by atoms with Crippen LogP contribution in [0.25, 0.3) is 0 Å². The molecule has 1 amide bonds. The highest BCUT2D eigenvalue weighted by Crippen LogP contribution is 2.44. The molecule has 1 atom stereocenters. The van der Waals surface area contributed by atoms with Crippen molar-refractivity contribution in [3.05, 3.63) is 0 Å². The molecule has 0 aliphatic heterocycles. The SMILES string of the molecule is O=C(N(CCCN(CCN(CCN(CCCN(CP(=O)(O)O)CP(=O)(O)O)CP(=O)(O)O)CP(=O)(O)O)CP(=O)(O)O)P(O)C(=O)O)P(O)O. The van der Waals surface area contributed by atoms with Crippen molar-refractivity contribution in [2.24, 2.45) is 0 Å². The van der Waals surface area contributed by atoms with E-state index in [1.54, 1.807) is 0 Å². The first-order valence-corrected chi connectivity index (χ1v) is 25.2. The summed E-state index contributed by atoms with van der Waals surface area (Å²) in [6, 6.07) is 0. The Morgan fingerprint density at radius 2 is 0.700 bits per heavy atom. The van der Waals surface area contributed by atoms with Gasteiger partial charge in [0.25, 0.3) is 16.7 Å². The van der Waals surface area contributed by atoms with E-state index < -0.39 is 104 Å². The summed E-state index contributed by atoms with van der Waals surface area (Å²) in [7, 11) is -30.5. The first-order chi connectivity index (χ1) is 22.4. The van der Waals surface area contributed by atoms with E-state index in [2.05, 4.69) is 0 Å². The fourth-order valence-corrected chi connectivity index (χ4v) is 9.85. The number of carboxylic acid groups (broad SMARTS) is 1. The van der Waals surface area contributed by atoms with E-state index in [9.17, 15) is 96.0 Å². The van der Waals surface area contributed by atoms with Gasteiger partial charge in [-0.05, 0) is 12.8 Å². The van der Waals surface area contributed by atoms with Gasteiger partial charge in [-0.25, -0.2) is 4.79 Å².